The minimum absolute atomic E-state index is 0.0727. The monoisotopic (exact) mass is 317 g/mol. The average Bonchev–Trinajstić information content (AvgIpc) is 2.48. The van der Waals surface area contributed by atoms with Gasteiger partial charge < -0.3 is 20.5 Å². The molecule has 23 heavy (non-hydrogen) atoms. The van der Waals surface area contributed by atoms with Crippen LogP contribution in [0.25, 0.3) is 0 Å². The Morgan fingerprint density at radius 1 is 1.39 bits per heavy atom. The number of amides is 1. The number of piperidine rings is 1. The van der Waals surface area contributed by atoms with Crippen molar-refractivity contribution >= 4 is 11.8 Å². The van der Waals surface area contributed by atoms with Crippen LogP contribution < -0.4 is 5.73 Å². The zero-order valence-electron chi connectivity index (χ0n) is 13.8. The zero-order chi connectivity index (χ0) is 17.2. The van der Waals surface area contributed by atoms with Gasteiger partial charge >= 0.3 is 6.09 Å². The number of carbonyl (C=O) groups is 1. The Morgan fingerprint density at radius 2 is 2.00 bits per heavy atom. The van der Waals surface area contributed by atoms with Gasteiger partial charge in [-0.25, -0.2) is 4.79 Å². The lowest BCUT2D eigenvalue weighted by Gasteiger charge is -2.34. The van der Waals surface area contributed by atoms with E-state index in [0.717, 1.165) is 18.4 Å². The lowest BCUT2D eigenvalue weighted by molar-refractivity contribution is 0.0205. The van der Waals surface area contributed by atoms with Crippen molar-refractivity contribution in [2.45, 2.75) is 45.1 Å². The van der Waals surface area contributed by atoms with E-state index >= 15 is 0 Å². The van der Waals surface area contributed by atoms with Gasteiger partial charge in [-0.15, -0.1) is 0 Å². The molecule has 2 rings (SSSR count). The number of rotatable bonds is 1. The van der Waals surface area contributed by atoms with Crippen molar-refractivity contribution in [1.29, 1.82) is 5.26 Å². The van der Waals surface area contributed by atoms with Crippen molar-refractivity contribution in [3.8, 4) is 11.8 Å². The maximum absolute atomic E-state index is 12.1. The van der Waals surface area contributed by atoms with Crippen LogP contribution in [0.4, 0.5) is 10.5 Å². The van der Waals surface area contributed by atoms with Gasteiger partial charge in [-0.1, -0.05) is 0 Å². The molecule has 1 saturated heterocycles. The second kappa shape index (κ2) is 6.37. The summed E-state index contributed by atoms with van der Waals surface area (Å²) >= 11 is 0. The van der Waals surface area contributed by atoms with Gasteiger partial charge in [-0.3, -0.25) is 0 Å². The second-order valence-corrected chi connectivity index (χ2v) is 6.85. The molecule has 1 aliphatic rings. The molecule has 1 fully saturated rings. The van der Waals surface area contributed by atoms with E-state index in [2.05, 4.69) is 6.07 Å². The van der Waals surface area contributed by atoms with Crippen molar-refractivity contribution in [1.82, 2.24) is 4.90 Å². The van der Waals surface area contributed by atoms with E-state index in [4.69, 9.17) is 10.5 Å². The third-order valence-electron chi connectivity index (χ3n) is 3.91. The Bertz CT molecular complexity index is 636. The number of hydrogen-bond donors (Lipinski definition) is 2. The van der Waals surface area contributed by atoms with Gasteiger partial charge in [0.25, 0.3) is 0 Å². The van der Waals surface area contributed by atoms with Gasteiger partial charge in [0.05, 0.1) is 17.3 Å². The number of nitrogens with zero attached hydrogens (tertiary/aromatic N) is 2. The molecule has 1 amide bonds. The summed E-state index contributed by atoms with van der Waals surface area (Å²) in [5, 5.41) is 18.9. The van der Waals surface area contributed by atoms with Crippen LogP contribution in [0.3, 0.4) is 0 Å². The van der Waals surface area contributed by atoms with E-state index in [1.807, 2.05) is 20.8 Å². The number of aromatic hydroxyl groups is 1. The SMILES string of the molecule is CC(C)(C)OC(=O)N1CCC(c2cc(N)c(O)cc2C#N)CC1. The molecule has 124 valence electrons. The van der Waals surface area contributed by atoms with Gasteiger partial charge in [0.1, 0.15) is 11.4 Å². The van der Waals surface area contributed by atoms with Crippen LogP contribution in [0.1, 0.15) is 50.7 Å². The first-order chi connectivity index (χ1) is 10.7. The molecule has 1 heterocycles. The highest BCUT2D eigenvalue weighted by atomic mass is 16.6. The quantitative estimate of drug-likeness (QED) is 0.612. The molecule has 1 aliphatic heterocycles. The maximum atomic E-state index is 12.1. The van der Waals surface area contributed by atoms with Gasteiger partial charge in [0, 0.05) is 19.2 Å². The number of nitriles is 1. The fraction of sp³-hybridized carbons (Fsp3) is 0.529. The third kappa shape index (κ3) is 4.07. The zero-order valence-corrected chi connectivity index (χ0v) is 13.8. The molecular weight excluding hydrogens is 294 g/mol. The molecule has 0 aliphatic carbocycles. The van der Waals surface area contributed by atoms with Crippen LogP contribution in [0.15, 0.2) is 12.1 Å². The smallest absolute Gasteiger partial charge is 0.410 e. The molecule has 3 N–H and O–H groups in total. The van der Waals surface area contributed by atoms with Crippen molar-refractivity contribution < 1.29 is 14.6 Å². The Morgan fingerprint density at radius 3 is 2.52 bits per heavy atom. The molecule has 0 atom stereocenters. The molecule has 6 heteroatoms. The molecule has 6 nitrogen and oxygen atoms in total. The van der Waals surface area contributed by atoms with Crippen LogP contribution >= 0.6 is 0 Å². The number of nitrogens with two attached hydrogens (primary N) is 1. The standard InChI is InChI=1S/C17H23N3O3/c1-17(2,3)23-16(22)20-6-4-11(5-7-20)13-9-14(19)15(21)8-12(13)10-18/h8-9,11,21H,4-7,19H2,1-3H3. The lowest BCUT2D eigenvalue weighted by atomic mass is 9.86. The summed E-state index contributed by atoms with van der Waals surface area (Å²) in [4.78, 5) is 13.8. The van der Waals surface area contributed by atoms with Gasteiger partial charge in [0.15, 0.2) is 0 Å². The normalized spacial score (nSPS) is 16.0. The summed E-state index contributed by atoms with van der Waals surface area (Å²) in [6, 6.07) is 5.18. The molecular formula is C17H23N3O3. The topological polar surface area (TPSA) is 99.6 Å². The van der Waals surface area contributed by atoms with Crippen LogP contribution in [0, 0.1) is 11.3 Å². The summed E-state index contributed by atoms with van der Waals surface area (Å²) in [5.74, 6) is 0.0720. The lowest BCUT2D eigenvalue weighted by Crippen LogP contribution is -2.41. The van der Waals surface area contributed by atoms with E-state index in [9.17, 15) is 15.2 Å². The third-order valence-corrected chi connectivity index (χ3v) is 3.91. The van der Waals surface area contributed by atoms with Crippen molar-refractivity contribution in [2.75, 3.05) is 18.8 Å². The molecule has 0 bridgehead atoms. The fourth-order valence-corrected chi connectivity index (χ4v) is 2.76. The summed E-state index contributed by atoms with van der Waals surface area (Å²) in [6.07, 6.45) is 1.16. The summed E-state index contributed by atoms with van der Waals surface area (Å²) in [6.45, 7) is 6.68. The first kappa shape index (κ1) is 16.9. The van der Waals surface area contributed by atoms with Gasteiger partial charge in [-0.2, -0.15) is 5.26 Å². The van der Waals surface area contributed by atoms with Crippen molar-refractivity contribution in [3.05, 3.63) is 23.3 Å². The Kier molecular flexibility index (Phi) is 4.69. The van der Waals surface area contributed by atoms with Gasteiger partial charge in [0.2, 0.25) is 0 Å². The summed E-state index contributed by atoms with van der Waals surface area (Å²) in [5.41, 5.74) is 6.79. The molecule has 0 unspecified atom stereocenters. The fourth-order valence-electron chi connectivity index (χ4n) is 2.76. The average molecular weight is 317 g/mol. The Hall–Kier alpha value is -2.42. The summed E-state index contributed by atoms with van der Waals surface area (Å²) < 4.78 is 5.38. The number of ether oxygens (including phenoxy) is 1. The van der Waals surface area contributed by atoms with Crippen molar-refractivity contribution in [2.24, 2.45) is 0 Å². The number of nitrogen functional groups attached to an aromatic ring is 1. The van der Waals surface area contributed by atoms with Crippen LogP contribution in [-0.2, 0) is 4.74 Å². The highest BCUT2D eigenvalue weighted by molar-refractivity contribution is 5.68. The molecule has 0 radical (unpaired) electrons. The predicted molar refractivity (Wildman–Crippen MR) is 87.0 cm³/mol. The number of benzene rings is 1. The highest BCUT2D eigenvalue weighted by Crippen LogP contribution is 2.35. The highest BCUT2D eigenvalue weighted by Gasteiger charge is 2.28. The molecule has 0 aromatic heterocycles. The van der Waals surface area contributed by atoms with Crippen LogP contribution in [0.5, 0.6) is 5.75 Å². The Labute approximate surface area is 136 Å². The minimum atomic E-state index is -0.507. The first-order valence-electron chi connectivity index (χ1n) is 7.71. The van der Waals surface area contributed by atoms with E-state index in [0.29, 0.717) is 18.7 Å². The van der Waals surface area contributed by atoms with Crippen LogP contribution in [-0.4, -0.2) is 34.8 Å². The van der Waals surface area contributed by atoms with E-state index in [-0.39, 0.29) is 23.4 Å². The first-order valence-corrected chi connectivity index (χ1v) is 7.71. The van der Waals surface area contributed by atoms with Gasteiger partial charge in [-0.05, 0) is 51.2 Å². The molecule has 0 spiro atoms. The molecule has 0 saturated carbocycles. The summed E-state index contributed by atoms with van der Waals surface area (Å²) in [7, 11) is 0. The molecule has 1 aromatic rings. The number of hydrogen-bond acceptors (Lipinski definition) is 5. The number of phenolic OH excluding ortho intramolecular Hbond substituents is 1. The van der Waals surface area contributed by atoms with E-state index in [1.165, 1.54) is 6.07 Å². The number of carbonyl (C=O) groups excluding carboxylic acids is 1. The Balaban J connectivity index is 2.07. The maximum Gasteiger partial charge on any atom is 0.410 e. The number of likely N-dealkylation sites (tertiary alicyclic amines) is 1. The van der Waals surface area contributed by atoms with Crippen LogP contribution in [0.2, 0.25) is 0 Å². The number of phenols is 1. The molecule has 1 aromatic carbocycles. The number of anilines is 1. The predicted octanol–water partition coefficient (Wildman–Crippen LogP) is 2.96. The van der Waals surface area contributed by atoms with E-state index < -0.39 is 5.60 Å². The second-order valence-electron chi connectivity index (χ2n) is 6.85. The minimum Gasteiger partial charge on any atom is -0.506 e. The van der Waals surface area contributed by atoms with E-state index in [1.54, 1.807) is 11.0 Å². The largest absolute Gasteiger partial charge is 0.506 e. The van der Waals surface area contributed by atoms with Crippen molar-refractivity contribution in [3.63, 3.8) is 0 Å².